The minimum atomic E-state index is -0.443. The number of nitrogens with one attached hydrogen (secondary N) is 2. The maximum absolute atomic E-state index is 12.0. The van der Waals surface area contributed by atoms with Gasteiger partial charge in [0.05, 0.1) is 0 Å². The highest BCUT2D eigenvalue weighted by Crippen LogP contribution is 2.18. The Kier molecular flexibility index (Phi) is 5.67. The summed E-state index contributed by atoms with van der Waals surface area (Å²) >= 11 is 0. The predicted molar refractivity (Wildman–Crippen MR) is 84.6 cm³/mol. The standard InChI is InChI=1S/C16H29N3O3/c1-16(2,3)22-15(21)19-10-7-12(8-11-19)17-9-6-14(20)18-13-4-5-13/h12-13,17H,4-11H2,1-3H3,(H,18,20). The number of nitrogens with zero attached hydrogens (tertiary/aromatic N) is 1. The molecule has 0 spiro atoms. The van der Waals surface area contributed by atoms with Crippen molar-refractivity contribution in [2.24, 2.45) is 0 Å². The zero-order chi connectivity index (χ0) is 16.2. The molecular formula is C16H29N3O3. The Morgan fingerprint density at radius 3 is 2.27 bits per heavy atom. The molecule has 2 rings (SSSR count). The summed E-state index contributed by atoms with van der Waals surface area (Å²) < 4.78 is 5.38. The number of amides is 2. The number of rotatable bonds is 5. The van der Waals surface area contributed by atoms with Crippen LogP contribution in [-0.2, 0) is 9.53 Å². The van der Waals surface area contributed by atoms with Crippen LogP contribution >= 0.6 is 0 Å². The Balaban J connectivity index is 1.58. The van der Waals surface area contributed by atoms with Crippen molar-refractivity contribution in [3.63, 3.8) is 0 Å². The van der Waals surface area contributed by atoms with Gasteiger partial charge in [0, 0.05) is 38.1 Å². The van der Waals surface area contributed by atoms with Gasteiger partial charge in [-0.3, -0.25) is 4.79 Å². The third-order valence-electron chi connectivity index (χ3n) is 3.87. The van der Waals surface area contributed by atoms with Gasteiger partial charge in [-0.1, -0.05) is 0 Å². The predicted octanol–water partition coefficient (Wildman–Crippen LogP) is 1.64. The van der Waals surface area contributed by atoms with Crippen molar-refractivity contribution in [1.29, 1.82) is 0 Å². The van der Waals surface area contributed by atoms with Crippen LogP contribution < -0.4 is 10.6 Å². The maximum atomic E-state index is 12.0. The first-order chi connectivity index (χ1) is 10.3. The molecule has 1 saturated carbocycles. The first kappa shape index (κ1) is 17.1. The molecule has 0 atom stereocenters. The van der Waals surface area contributed by atoms with E-state index in [-0.39, 0.29) is 12.0 Å². The Labute approximate surface area is 132 Å². The molecule has 22 heavy (non-hydrogen) atoms. The van der Waals surface area contributed by atoms with Gasteiger partial charge < -0.3 is 20.3 Å². The van der Waals surface area contributed by atoms with Crippen molar-refractivity contribution in [2.75, 3.05) is 19.6 Å². The van der Waals surface area contributed by atoms with Crippen LogP contribution in [0.25, 0.3) is 0 Å². The highest BCUT2D eigenvalue weighted by molar-refractivity contribution is 5.76. The monoisotopic (exact) mass is 311 g/mol. The van der Waals surface area contributed by atoms with E-state index in [9.17, 15) is 9.59 Å². The molecule has 1 aliphatic carbocycles. The van der Waals surface area contributed by atoms with Crippen molar-refractivity contribution < 1.29 is 14.3 Å². The van der Waals surface area contributed by atoms with Crippen LogP contribution in [0.15, 0.2) is 0 Å². The molecule has 6 heteroatoms. The van der Waals surface area contributed by atoms with E-state index in [1.54, 1.807) is 4.90 Å². The molecule has 0 unspecified atom stereocenters. The molecule has 6 nitrogen and oxygen atoms in total. The average molecular weight is 311 g/mol. The summed E-state index contributed by atoms with van der Waals surface area (Å²) in [6.45, 7) is 7.76. The quantitative estimate of drug-likeness (QED) is 0.810. The van der Waals surface area contributed by atoms with Gasteiger partial charge in [0.2, 0.25) is 5.91 Å². The van der Waals surface area contributed by atoms with Gasteiger partial charge in [-0.05, 0) is 46.5 Å². The van der Waals surface area contributed by atoms with Crippen molar-refractivity contribution >= 4 is 12.0 Å². The number of carbonyl (C=O) groups excluding carboxylic acids is 2. The average Bonchev–Trinajstić information content (AvgIpc) is 3.21. The number of hydrogen-bond donors (Lipinski definition) is 2. The molecule has 0 aromatic rings. The molecule has 2 aliphatic rings. The fraction of sp³-hybridized carbons (Fsp3) is 0.875. The maximum Gasteiger partial charge on any atom is 0.410 e. The Hall–Kier alpha value is -1.30. The fourth-order valence-corrected chi connectivity index (χ4v) is 2.51. The van der Waals surface area contributed by atoms with Crippen LogP contribution in [0.5, 0.6) is 0 Å². The van der Waals surface area contributed by atoms with Gasteiger partial charge in [-0.15, -0.1) is 0 Å². The number of ether oxygens (including phenoxy) is 1. The smallest absolute Gasteiger partial charge is 0.410 e. The van der Waals surface area contributed by atoms with Gasteiger partial charge in [0.15, 0.2) is 0 Å². The summed E-state index contributed by atoms with van der Waals surface area (Å²) in [5.74, 6) is 0.140. The van der Waals surface area contributed by atoms with Crippen molar-refractivity contribution in [3.05, 3.63) is 0 Å². The molecular weight excluding hydrogens is 282 g/mol. The number of carbonyl (C=O) groups is 2. The van der Waals surface area contributed by atoms with E-state index in [1.807, 2.05) is 20.8 Å². The highest BCUT2D eigenvalue weighted by Gasteiger charge is 2.27. The van der Waals surface area contributed by atoms with E-state index in [0.717, 1.165) is 25.7 Å². The summed E-state index contributed by atoms with van der Waals surface area (Å²) in [5.41, 5.74) is -0.443. The molecule has 1 heterocycles. The van der Waals surface area contributed by atoms with E-state index >= 15 is 0 Å². The second kappa shape index (κ2) is 7.31. The summed E-state index contributed by atoms with van der Waals surface area (Å²) in [6.07, 6.45) is 4.37. The van der Waals surface area contributed by atoms with Crippen molar-refractivity contribution in [1.82, 2.24) is 15.5 Å². The summed E-state index contributed by atoms with van der Waals surface area (Å²) in [4.78, 5) is 25.3. The highest BCUT2D eigenvalue weighted by atomic mass is 16.6. The van der Waals surface area contributed by atoms with Crippen LogP contribution in [0.1, 0.15) is 52.9 Å². The zero-order valence-corrected chi connectivity index (χ0v) is 14.0. The van der Waals surface area contributed by atoms with Gasteiger partial charge in [0.25, 0.3) is 0 Å². The van der Waals surface area contributed by atoms with E-state index in [1.165, 1.54) is 0 Å². The lowest BCUT2D eigenvalue weighted by molar-refractivity contribution is -0.121. The second-order valence-corrected chi connectivity index (χ2v) is 7.29. The molecule has 0 radical (unpaired) electrons. The van der Waals surface area contributed by atoms with Crippen LogP contribution in [0.3, 0.4) is 0 Å². The van der Waals surface area contributed by atoms with Crippen molar-refractivity contribution in [3.8, 4) is 0 Å². The molecule has 0 aromatic heterocycles. The van der Waals surface area contributed by atoms with E-state index in [2.05, 4.69) is 10.6 Å². The van der Waals surface area contributed by atoms with Crippen LogP contribution in [0.4, 0.5) is 4.79 Å². The van der Waals surface area contributed by atoms with Crippen LogP contribution in [0.2, 0.25) is 0 Å². The topological polar surface area (TPSA) is 70.7 Å². The van der Waals surface area contributed by atoms with Crippen LogP contribution in [-0.4, -0.2) is 54.2 Å². The molecule has 126 valence electrons. The van der Waals surface area contributed by atoms with Gasteiger partial charge in [-0.2, -0.15) is 0 Å². The van der Waals surface area contributed by atoms with Gasteiger partial charge in [-0.25, -0.2) is 4.79 Å². The molecule has 0 bridgehead atoms. The molecule has 2 amide bonds. The lowest BCUT2D eigenvalue weighted by Gasteiger charge is -2.33. The summed E-state index contributed by atoms with van der Waals surface area (Å²) in [7, 11) is 0. The van der Waals surface area contributed by atoms with Crippen LogP contribution in [0, 0.1) is 0 Å². The molecule has 2 N–H and O–H groups in total. The third-order valence-corrected chi connectivity index (χ3v) is 3.87. The molecule has 0 aromatic carbocycles. The Bertz CT molecular complexity index is 394. The SMILES string of the molecule is CC(C)(C)OC(=O)N1CCC(NCCC(=O)NC2CC2)CC1. The van der Waals surface area contributed by atoms with E-state index in [0.29, 0.717) is 38.1 Å². The first-order valence-corrected chi connectivity index (χ1v) is 8.34. The third kappa shape index (κ3) is 6.22. The first-order valence-electron chi connectivity index (χ1n) is 8.34. The minimum Gasteiger partial charge on any atom is -0.444 e. The van der Waals surface area contributed by atoms with Crippen molar-refractivity contribution in [2.45, 2.75) is 70.6 Å². The largest absolute Gasteiger partial charge is 0.444 e. The lowest BCUT2D eigenvalue weighted by atomic mass is 10.1. The Morgan fingerprint density at radius 2 is 1.73 bits per heavy atom. The summed E-state index contributed by atoms with van der Waals surface area (Å²) in [5, 5.41) is 6.40. The fourth-order valence-electron chi connectivity index (χ4n) is 2.51. The summed E-state index contributed by atoms with van der Waals surface area (Å²) in [6, 6.07) is 0.817. The van der Waals surface area contributed by atoms with E-state index in [4.69, 9.17) is 4.74 Å². The second-order valence-electron chi connectivity index (χ2n) is 7.29. The molecule has 1 saturated heterocycles. The van der Waals surface area contributed by atoms with Gasteiger partial charge in [0.1, 0.15) is 5.60 Å². The lowest BCUT2D eigenvalue weighted by Crippen LogP contribution is -2.47. The van der Waals surface area contributed by atoms with E-state index < -0.39 is 5.60 Å². The number of piperidine rings is 1. The normalized spacial score (nSPS) is 19.9. The Morgan fingerprint density at radius 1 is 1.09 bits per heavy atom. The molecule has 2 fully saturated rings. The number of likely N-dealkylation sites (tertiary alicyclic amines) is 1. The number of hydrogen-bond acceptors (Lipinski definition) is 4. The minimum absolute atomic E-state index is 0.140. The van der Waals surface area contributed by atoms with Gasteiger partial charge >= 0.3 is 6.09 Å². The molecule has 1 aliphatic heterocycles. The zero-order valence-electron chi connectivity index (χ0n) is 14.0.